The van der Waals surface area contributed by atoms with Crippen LogP contribution in [-0.4, -0.2) is 0 Å². The van der Waals surface area contributed by atoms with Crippen molar-refractivity contribution in [1.29, 1.82) is 0 Å². The van der Waals surface area contributed by atoms with Crippen molar-refractivity contribution < 1.29 is 0 Å². The van der Waals surface area contributed by atoms with Gasteiger partial charge in [-0.25, -0.2) is 0 Å². The molecule has 6 aliphatic carbocycles. The highest BCUT2D eigenvalue weighted by Crippen LogP contribution is 2.77. The average molecular weight is 276 g/mol. The van der Waals surface area contributed by atoms with E-state index >= 15 is 0 Å². The normalized spacial score (nSPS) is 48.1. The number of hydrogen-bond acceptors (Lipinski definition) is 0. The van der Waals surface area contributed by atoms with Gasteiger partial charge in [-0.05, 0) is 91.2 Å². The maximum absolute atomic E-state index is 2.51. The van der Waals surface area contributed by atoms with Gasteiger partial charge in [-0.15, -0.1) is 0 Å². The summed E-state index contributed by atoms with van der Waals surface area (Å²) in [5.41, 5.74) is 6.29. The van der Waals surface area contributed by atoms with E-state index in [0.717, 1.165) is 17.8 Å². The predicted molar refractivity (Wildman–Crippen MR) is 86.1 cm³/mol. The molecule has 0 aromatic heterocycles. The summed E-state index contributed by atoms with van der Waals surface area (Å²) in [6.07, 6.45) is 16.8. The van der Waals surface area contributed by atoms with Crippen LogP contribution in [0, 0.1) is 23.2 Å². The third kappa shape index (κ3) is 1.15. The van der Waals surface area contributed by atoms with Gasteiger partial charge < -0.3 is 0 Å². The second-order valence-electron chi connectivity index (χ2n) is 8.78. The molecular formula is C21H24. The van der Waals surface area contributed by atoms with Gasteiger partial charge in [-0.2, -0.15) is 0 Å². The lowest BCUT2D eigenvalue weighted by Crippen LogP contribution is -2.68. The van der Waals surface area contributed by atoms with Crippen molar-refractivity contribution in [2.45, 2.75) is 56.8 Å². The Morgan fingerprint density at radius 1 is 0.952 bits per heavy atom. The first kappa shape index (κ1) is 11.5. The van der Waals surface area contributed by atoms with E-state index in [1.54, 1.807) is 48.8 Å². The van der Waals surface area contributed by atoms with Crippen molar-refractivity contribution >= 4 is 6.08 Å². The Morgan fingerprint density at radius 3 is 2.52 bits per heavy atom. The molecule has 0 N–H and O–H groups in total. The van der Waals surface area contributed by atoms with Crippen molar-refractivity contribution in [3.05, 3.63) is 41.0 Å². The lowest BCUT2D eigenvalue weighted by atomic mass is 9.30. The van der Waals surface area contributed by atoms with Crippen LogP contribution in [0.1, 0.15) is 61.6 Å². The van der Waals surface area contributed by atoms with Gasteiger partial charge in [0.25, 0.3) is 0 Å². The van der Waals surface area contributed by atoms with Crippen LogP contribution in [0.25, 0.3) is 6.08 Å². The van der Waals surface area contributed by atoms with Gasteiger partial charge in [0.2, 0.25) is 0 Å². The third-order valence-corrected chi connectivity index (χ3v) is 8.20. The molecule has 1 aromatic carbocycles. The minimum Gasteiger partial charge on any atom is -0.0795 e. The highest BCUT2D eigenvalue weighted by molar-refractivity contribution is 5.66. The van der Waals surface area contributed by atoms with Gasteiger partial charge in [-0.1, -0.05) is 30.4 Å². The summed E-state index contributed by atoms with van der Waals surface area (Å²) < 4.78 is 0. The van der Waals surface area contributed by atoms with Crippen LogP contribution < -0.4 is 0 Å². The van der Waals surface area contributed by atoms with Gasteiger partial charge in [0.05, 0.1) is 0 Å². The molecule has 21 heavy (non-hydrogen) atoms. The second-order valence-corrected chi connectivity index (χ2v) is 8.78. The van der Waals surface area contributed by atoms with E-state index in [0.29, 0.717) is 10.8 Å². The van der Waals surface area contributed by atoms with Crippen LogP contribution in [0.3, 0.4) is 0 Å². The summed E-state index contributed by atoms with van der Waals surface area (Å²) >= 11 is 0. The van der Waals surface area contributed by atoms with Crippen LogP contribution in [0.5, 0.6) is 0 Å². The van der Waals surface area contributed by atoms with Crippen LogP contribution in [-0.2, 0) is 11.8 Å². The molecule has 108 valence electrons. The molecule has 3 unspecified atom stereocenters. The maximum atomic E-state index is 2.51. The molecule has 0 aliphatic heterocycles. The fourth-order valence-corrected chi connectivity index (χ4v) is 7.76. The Labute approximate surface area is 127 Å². The van der Waals surface area contributed by atoms with E-state index in [-0.39, 0.29) is 0 Å². The zero-order valence-electron chi connectivity index (χ0n) is 12.8. The summed E-state index contributed by atoms with van der Waals surface area (Å²) in [7, 11) is 0. The summed E-state index contributed by atoms with van der Waals surface area (Å²) in [6, 6.07) is 7.22. The quantitative estimate of drug-likeness (QED) is 0.668. The molecule has 0 heteroatoms. The SMILES string of the molecule is C1=Cc2c(cccc2C23CCC24CC2CC(CC3C2)C4)C1. The number of hydrogen-bond donors (Lipinski definition) is 0. The monoisotopic (exact) mass is 276 g/mol. The minimum absolute atomic E-state index is 0.584. The molecule has 0 radical (unpaired) electrons. The van der Waals surface area contributed by atoms with Gasteiger partial charge in [0.15, 0.2) is 0 Å². The highest BCUT2D eigenvalue weighted by Gasteiger charge is 2.70. The molecule has 3 atom stereocenters. The Morgan fingerprint density at radius 2 is 1.81 bits per heavy atom. The molecule has 6 aliphatic rings. The molecule has 7 rings (SSSR count). The molecule has 0 saturated heterocycles. The van der Waals surface area contributed by atoms with E-state index in [4.69, 9.17) is 0 Å². The van der Waals surface area contributed by atoms with Crippen LogP contribution in [0.15, 0.2) is 24.3 Å². The smallest absolute Gasteiger partial charge is 0.00442 e. The number of allylic oxidation sites excluding steroid dienone is 1. The molecular weight excluding hydrogens is 252 g/mol. The minimum atomic E-state index is 0.584. The second kappa shape index (κ2) is 3.47. The van der Waals surface area contributed by atoms with Crippen molar-refractivity contribution in [3.8, 4) is 0 Å². The maximum Gasteiger partial charge on any atom is 0.00442 e. The number of fused-ring (bicyclic) bond motifs is 1. The highest BCUT2D eigenvalue weighted by atomic mass is 14.7. The summed E-state index contributed by atoms with van der Waals surface area (Å²) in [5, 5.41) is 0. The van der Waals surface area contributed by atoms with Gasteiger partial charge in [0, 0.05) is 5.41 Å². The topological polar surface area (TPSA) is 0 Å². The lowest BCUT2D eigenvalue weighted by molar-refractivity contribution is -0.195. The number of benzene rings is 1. The Bertz CT molecular complexity index is 653. The largest absolute Gasteiger partial charge is 0.0795 e. The average Bonchev–Trinajstić information content (AvgIpc) is 2.93. The van der Waals surface area contributed by atoms with E-state index in [9.17, 15) is 0 Å². The molecule has 0 amide bonds. The molecule has 4 bridgehead atoms. The molecule has 5 saturated carbocycles. The van der Waals surface area contributed by atoms with E-state index in [1.165, 1.54) is 19.3 Å². The third-order valence-electron chi connectivity index (χ3n) is 8.20. The van der Waals surface area contributed by atoms with Crippen LogP contribution in [0.2, 0.25) is 0 Å². The molecule has 0 heterocycles. The molecule has 1 aromatic rings. The van der Waals surface area contributed by atoms with Gasteiger partial charge >= 0.3 is 0 Å². The summed E-state index contributed by atoms with van der Waals surface area (Å²) in [4.78, 5) is 0. The van der Waals surface area contributed by atoms with Crippen LogP contribution in [0.4, 0.5) is 0 Å². The predicted octanol–water partition coefficient (Wildman–Crippen LogP) is 5.11. The standard InChI is InChI=1S/C21H24/c1-3-16-4-2-6-19(18(16)5-1)21-8-7-20(21)12-14-9-15(13-20)11-17(21)10-14/h1-2,4-6,14-15,17H,3,7-13H2. The van der Waals surface area contributed by atoms with E-state index in [2.05, 4.69) is 30.4 Å². The molecule has 5 fully saturated rings. The Hall–Kier alpha value is -1.04. The zero-order chi connectivity index (χ0) is 13.7. The summed E-state index contributed by atoms with van der Waals surface area (Å²) in [5.74, 6) is 3.18. The first-order chi connectivity index (χ1) is 10.3. The van der Waals surface area contributed by atoms with Crippen molar-refractivity contribution in [2.75, 3.05) is 0 Å². The van der Waals surface area contributed by atoms with E-state index in [1.807, 2.05) is 0 Å². The summed E-state index contributed by atoms with van der Waals surface area (Å²) in [6.45, 7) is 0. The van der Waals surface area contributed by atoms with Crippen molar-refractivity contribution in [2.24, 2.45) is 23.2 Å². The fourth-order valence-electron chi connectivity index (χ4n) is 7.76. The zero-order valence-corrected chi connectivity index (χ0v) is 12.8. The van der Waals surface area contributed by atoms with Crippen molar-refractivity contribution in [3.63, 3.8) is 0 Å². The molecule has 0 nitrogen and oxygen atoms in total. The first-order valence-corrected chi connectivity index (χ1v) is 9.10. The molecule has 1 spiro atoms. The Balaban J connectivity index is 1.59. The lowest BCUT2D eigenvalue weighted by Gasteiger charge is -2.74. The fraction of sp³-hybridized carbons (Fsp3) is 0.619. The number of rotatable bonds is 1. The van der Waals surface area contributed by atoms with Crippen molar-refractivity contribution in [1.82, 2.24) is 0 Å². The van der Waals surface area contributed by atoms with E-state index < -0.39 is 0 Å². The van der Waals surface area contributed by atoms with Gasteiger partial charge in [-0.3, -0.25) is 0 Å². The first-order valence-electron chi connectivity index (χ1n) is 9.10. The Kier molecular flexibility index (Phi) is 1.91. The van der Waals surface area contributed by atoms with Crippen LogP contribution >= 0.6 is 0 Å². The van der Waals surface area contributed by atoms with Gasteiger partial charge in [0.1, 0.15) is 0 Å².